The second-order valence-corrected chi connectivity index (χ2v) is 7.62. The van der Waals surface area contributed by atoms with Crippen molar-refractivity contribution in [2.45, 2.75) is 26.3 Å². The Kier molecular flexibility index (Phi) is 4.88. The van der Waals surface area contributed by atoms with Gasteiger partial charge in [0.05, 0.1) is 11.2 Å². The van der Waals surface area contributed by atoms with Crippen molar-refractivity contribution >= 4 is 34.4 Å². The summed E-state index contributed by atoms with van der Waals surface area (Å²) in [6, 6.07) is 10.7. The van der Waals surface area contributed by atoms with Crippen molar-refractivity contribution in [1.82, 2.24) is 9.88 Å². The van der Waals surface area contributed by atoms with Crippen LogP contribution < -0.4 is 0 Å². The lowest BCUT2D eigenvalue weighted by Crippen LogP contribution is -2.34. The van der Waals surface area contributed by atoms with Crippen LogP contribution in [-0.2, 0) is 24.2 Å². The van der Waals surface area contributed by atoms with Crippen LogP contribution in [0.1, 0.15) is 39.7 Å². The topological polar surface area (TPSA) is 90.7 Å². The minimum absolute atomic E-state index is 0.0359. The minimum Gasteiger partial charge on any atom is -0.505 e. The maximum Gasteiger partial charge on any atom is 0.340 e. The Labute approximate surface area is 172 Å². The number of nitrogens with zero attached hydrogens (tertiary/aromatic N) is 2. The average Bonchev–Trinajstić information content (AvgIpc) is 2.69. The van der Waals surface area contributed by atoms with Gasteiger partial charge in [0, 0.05) is 42.4 Å². The predicted molar refractivity (Wildman–Crippen MR) is 109 cm³/mol. The highest BCUT2D eigenvalue weighted by molar-refractivity contribution is 6.30. The van der Waals surface area contributed by atoms with E-state index >= 15 is 0 Å². The second kappa shape index (κ2) is 7.37. The number of fused-ring (bicyclic) bond motifs is 3. The molecule has 0 unspecified atom stereocenters. The smallest absolute Gasteiger partial charge is 0.340 e. The maximum absolute atomic E-state index is 12.0. The van der Waals surface area contributed by atoms with E-state index in [1.54, 1.807) is 23.1 Å². The summed E-state index contributed by atoms with van der Waals surface area (Å²) in [5.74, 6) is -1.59. The quantitative estimate of drug-likeness (QED) is 0.685. The normalized spacial score (nSPS) is 13.4. The van der Waals surface area contributed by atoms with Crippen molar-refractivity contribution in [2.24, 2.45) is 0 Å². The molecule has 2 aromatic carbocycles. The van der Waals surface area contributed by atoms with Gasteiger partial charge in [0.25, 0.3) is 0 Å². The average molecular weight is 411 g/mol. The van der Waals surface area contributed by atoms with Crippen LogP contribution in [0.2, 0.25) is 5.02 Å². The first kappa shape index (κ1) is 19.2. The van der Waals surface area contributed by atoms with Crippen LogP contribution in [-0.4, -0.2) is 38.5 Å². The van der Waals surface area contributed by atoms with E-state index in [0.717, 1.165) is 16.7 Å². The van der Waals surface area contributed by atoms with Crippen LogP contribution >= 0.6 is 11.6 Å². The number of benzene rings is 2. The summed E-state index contributed by atoms with van der Waals surface area (Å²) in [7, 11) is 0. The summed E-state index contributed by atoms with van der Waals surface area (Å²) in [6.45, 7) is 2.51. The van der Waals surface area contributed by atoms with Crippen LogP contribution in [0, 0.1) is 0 Å². The number of rotatable bonds is 3. The molecule has 0 saturated heterocycles. The van der Waals surface area contributed by atoms with Gasteiger partial charge in [0.2, 0.25) is 5.91 Å². The van der Waals surface area contributed by atoms with Gasteiger partial charge >= 0.3 is 5.97 Å². The standard InChI is InChI=1S/C22H19ClN2O4/c1-12(26)25-9-8-14-4-7-16-19(22(28)29)21(27)18(24-20(16)17(14)11-25)10-13-2-5-15(23)6-3-13/h2-7,27H,8-11H2,1H3,(H,28,29). The molecule has 0 fully saturated rings. The fourth-order valence-electron chi connectivity index (χ4n) is 3.81. The molecule has 1 amide bonds. The molecule has 4 rings (SSSR count). The SMILES string of the molecule is CC(=O)N1CCc2ccc3c(C(=O)O)c(O)c(Cc4ccc(Cl)cc4)nc3c2C1. The van der Waals surface area contributed by atoms with Crippen molar-refractivity contribution in [1.29, 1.82) is 0 Å². The van der Waals surface area contributed by atoms with Gasteiger partial charge in [-0.3, -0.25) is 4.79 Å². The zero-order valence-electron chi connectivity index (χ0n) is 15.8. The minimum atomic E-state index is -1.22. The second-order valence-electron chi connectivity index (χ2n) is 7.18. The lowest BCUT2D eigenvalue weighted by molar-refractivity contribution is -0.129. The Morgan fingerprint density at radius 3 is 2.55 bits per heavy atom. The van der Waals surface area contributed by atoms with E-state index in [1.165, 1.54) is 6.92 Å². The Balaban J connectivity index is 1.91. The maximum atomic E-state index is 12.0. The van der Waals surface area contributed by atoms with E-state index in [-0.39, 0.29) is 29.3 Å². The number of pyridine rings is 1. The molecular weight excluding hydrogens is 392 g/mol. The van der Waals surface area contributed by atoms with Gasteiger partial charge in [0.15, 0.2) is 5.75 Å². The number of amides is 1. The van der Waals surface area contributed by atoms with Crippen molar-refractivity contribution in [3.63, 3.8) is 0 Å². The molecule has 1 aliphatic rings. The fraction of sp³-hybridized carbons (Fsp3) is 0.227. The molecular formula is C22H19ClN2O4. The lowest BCUT2D eigenvalue weighted by atomic mass is 9.93. The zero-order valence-corrected chi connectivity index (χ0v) is 16.5. The number of carboxylic acid groups (broad SMARTS) is 1. The van der Waals surface area contributed by atoms with E-state index < -0.39 is 5.97 Å². The highest BCUT2D eigenvalue weighted by atomic mass is 35.5. The summed E-state index contributed by atoms with van der Waals surface area (Å²) in [5, 5.41) is 21.4. The van der Waals surface area contributed by atoms with E-state index in [1.807, 2.05) is 18.2 Å². The Morgan fingerprint density at radius 1 is 1.17 bits per heavy atom. The highest BCUT2D eigenvalue weighted by Gasteiger charge is 2.26. The number of hydrogen-bond donors (Lipinski definition) is 2. The molecule has 0 bridgehead atoms. The van der Waals surface area contributed by atoms with Crippen molar-refractivity contribution < 1.29 is 19.8 Å². The van der Waals surface area contributed by atoms with Crippen LogP contribution in [0.4, 0.5) is 0 Å². The molecule has 0 spiro atoms. The largest absolute Gasteiger partial charge is 0.505 e. The van der Waals surface area contributed by atoms with Gasteiger partial charge in [-0.25, -0.2) is 9.78 Å². The number of hydrogen-bond acceptors (Lipinski definition) is 4. The molecule has 0 atom stereocenters. The van der Waals surface area contributed by atoms with Crippen LogP contribution in [0.3, 0.4) is 0 Å². The molecule has 0 aliphatic carbocycles. The lowest BCUT2D eigenvalue weighted by Gasteiger charge is -2.29. The Bertz CT molecular complexity index is 1140. The number of aromatic hydroxyl groups is 1. The number of aromatic carboxylic acids is 1. The molecule has 29 heavy (non-hydrogen) atoms. The molecule has 148 valence electrons. The Morgan fingerprint density at radius 2 is 1.90 bits per heavy atom. The molecule has 2 N–H and O–H groups in total. The fourth-order valence-corrected chi connectivity index (χ4v) is 3.93. The van der Waals surface area contributed by atoms with Gasteiger partial charge in [-0.15, -0.1) is 0 Å². The summed E-state index contributed by atoms with van der Waals surface area (Å²) in [5.41, 5.74) is 3.37. The van der Waals surface area contributed by atoms with E-state index in [9.17, 15) is 19.8 Å². The van der Waals surface area contributed by atoms with Gasteiger partial charge < -0.3 is 15.1 Å². The van der Waals surface area contributed by atoms with Crippen molar-refractivity contribution in [3.8, 4) is 5.75 Å². The zero-order chi connectivity index (χ0) is 20.7. The molecule has 1 aromatic heterocycles. The van der Waals surface area contributed by atoms with E-state index in [4.69, 9.17) is 11.6 Å². The summed E-state index contributed by atoms with van der Waals surface area (Å²) >= 11 is 5.93. The number of carboxylic acids is 1. The van der Waals surface area contributed by atoms with Crippen molar-refractivity contribution in [3.05, 3.63) is 69.4 Å². The molecule has 2 heterocycles. The first-order valence-electron chi connectivity index (χ1n) is 9.24. The highest BCUT2D eigenvalue weighted by Crippen LogP contribution is 2.35. The first-order valence-corrected chi connectivity index (χ1v) is 9.62. The van der Waals surface area contributed by atoms with Crippen LogP contribution in [0.5, 0.6) is 5.75 Å². The van der Waals surface area contributed by atoms with Crippen molar-refractivity contribution in [2.75, 3.05) is 6.54 Å². The molecule has 7 heteroatoms. The predicted octanol–water partition coefficient (Wildman–Crippen LogP) is 3.79. The number of carbonyl (C=O) groups excluding carboxylic acids is 1. The van der Waals surface area contributed by atoms with Crippen LogP contribution in [0.25, 0.3) is 10.9 Å². The third kappa shape index (κ3) is 3.51. The molecule has 0 radical (unpaired) electrons. The molecule has 6 nitrogen and oxygen atoms in total. The first-order chi connectivity index (χ1) is 13.8. The molecule has 0 saturated carbocycles. The summed E-state index contributed by atoms with van der Waals surface area (Å²) < 4.78 is 0. The number of halogens is 1. The van der Waals surface area contributed by atoms with E-state index in [0.29, 0.717) is 35.4 Å². The van der Waals surface area contributed by atoms with Gasteiger partial charge in [-0.1, -0.05) is 35.9 Å². The van der Waals surface area contributed by atoms with Gasteiger partial charge in [0.1, 0.15) is 5.56 Å². The van der Waals surface area contributed by atoms with Gasteiger partial charge in [-0.2, -0.15) is 0 Å². The monoisotopic (exact) mass is 410 g/mol. The third-order valence-electron chi connectivity index (χ3n) is 5.35. The molecule has 1 aliphatic heterocycles. The number of carbonyl (C=O) groups is 2. The van der Waals surface area contributed by atoms with Gasteiger partial charge in [-0.05, 0) is 29.7 Å². The Hall–Kier alpha value is -3.12. The van der Waals surface area contributed by atoms with Crippen LogP contribution in [0.15, 0.2) is 36.4 Å². The van der Waals surface area contributed by atoms with E-state index in [2.05, 4.69) is 4.98 Å². The molecule has 3 aromatic rings. The third-order valence-corrected chi connectivity index (χ3v) is 5.60. The summed E-state index contributed by atoms with van der Waals surface area (Å²) in [4.78, 5) is 30.2. The summed E-state index contributed by atoms with van der Waals surface area (Å²) in [6.07, 6.45) is 0.946. The number of aromatic nitrogens is 1.